The molecule has 4 rings (SSSR count). The van der Waals surface area contributed by atoms with Crippen molar-refractivity contribution in [2.24, 2.45) is 0 Å². The quantitative estimate of drug-likeness (QED) is 0.780. The van der Waals surface area contributed by atoms with E-state index in [-0.39, 0.29) is 5.92 Å². The van der Waals surface area contributed by atoms with Crippen LogP contribution in [0, 0.1) is 6.92 Å². The zero-order valence-electron chi connectivity index (χ0n) is 12.1. The van der Waals surface area contributed by atoms with E-state index in [0.717, 1.165) is 41.3 Å². The summed E-state index contributed by atoms with van der Waals surface area (Å²) < 4.78 is 6.20. The molecular weight excluding hydrogens is 262 g/mol. The Morgan fingerprint density at radius 2 is 2.05 bits per heavy atom. The molecule has 0 amide bonds. The van der Waals surface area contributed by atoms with Gasteiger partial charge in [-0.2, -0.15) is 0 Å². The second kappa shape index (κ2) is 4.58. The molecular formula is C18H19NO2. The van der Waals surface area contributed by atoms with E-state index in [1.807, 2.05) is 30.3 Å². The molecule has 2 aromatic carbocycles. The van der Waals surface area contributed by atoms with Crippen LogP contribution in [0.2, 0.25) is 0 Å². The molecule has 2 heterocycles. The van der Waals surface area contributed by atoms with Crippen LogP contribution in [0.5, 0.6) is 11.5 Å². The summed E-state index contributed by atoms with van der Waals surface area (Å²) in [4.78, 5) is 0. The number of hydrogen-bond acceptors (Lipinski definition) is 3. The van der Waals surface area contributed by atoms with E-state index in [1.165, 1.54) is 0 Å². The highest BCUT2D eigenvalue weighted by molar-refractivity contribution is 5.54. The van der Waals surface area contributed by atoms with Gasteiger partial charge in [0.2, 0.25) is 0 Å². The molecule has 0 unspecified atom stereocenters. The number of aryl methyl sites for hydroxylation is 1. The minimum Gasteiger partial charge on any atom is -0.456 e. The number of nitrogens with one attached hydrogen (secondary N) is 1. The zero-order chi connectivity index (χ0) is 14.4. The van der Waals surface area contributed by atoms with E-state index < -0.39 is 5.60 Å². The predicted molar refractivity (Wildman–Crippen MR) is 81.8 cm³/mol. The van der Waals surface area contributed by atoms with Gasteiger partial charge < -0.3 is 15.2 Å². The van der Waals surface area contributed by atoms with Crippen molar-refractivity contribution in [2.75, 3.05) is 13.1 Å². The van der Waals surface area contributed by atoms with Gasteiger partial charge in [-0.3, -0.25) is 0 Å². The molecule has 2 N–H and O–H groups in total. The highest BCUT2D eigenvalue weighted by atomic mass is 16.5. The predicted octanol–water partition coefficient (Wildman–Crippen LogP) is 3.07. The summed E-state index contributed by atoms with van der Waals surface area (Å²) in [6.07, 6.45) is 0.700. The first-order chi connectivity index (χ1) is 10.2. The van der Waals surface area contributed by atoms with Crippen LogP contribution in [0.1, 0.15) is 29.0 Å². The van der Waals surface area contributed by atoms with Crippen molar-refractivity contribution in [3.8, 4) is 11.5 Å². The van der Waals surface area contributed by atoms with Crippen LogP contribution in [0.3, 0.4) is 0 Å². The van der Waals surface area contributed by atoms with Gasteiger partial charge in [0.05, 0.1) is 0 Å². The standard InChI is InChI=1S/C18H19NO2/c1-12-5-4-6-13-15-11-19-10-9-18(15,20)14-7-2-3-8-16(14)21-17(12)13/h2-8,15,19-20H,9-11H2,1H3/t15-,18-/m0/s1. The van der Waals surface area contributed by atoms with Gasteiger partial charge in [0.15, 0.2) is 0 Å². The van der Waals surface area contributed by atoms with Crippen molar-refractivity contribution >= 4 is 0 Å². The van der Waals surface area contributed by atoms with Crippen molar-refractivity contribution in [3.63, 3.8) is 0 Å². The summed E-state index contributed by atoms with van der Waals surface area (Å²) in [5.74, 6) is 1.69. The maximum Gasteiger partial charge on any atom is 0.133 e. The van der Waals surface area contributed by atoms with Crippen LogP contribution < -0.4 is 10.1 Å². The summed E-state index contributed by atoms with van der Waals surface area (Å²) in [6, 6.07) is 14.1. The Kier molecular flexibility index (Phi) is 2.81. The molecule has 108 valence electrons. The molecule has 21 heavy (non-hydrogen) atoms. The number of benzene rings is 2. The van der Waals surface area contributed by atoms with Gasteiger partial charge in [-0.25, -0.2) is 0 Å². The van der Waals surface area contributed by atoms with Crippen LogP contribution in [-0.2, 0) is 5.60 Å². The van der Waals surface area contributed by atoms with E-state index in [2.05, 4.69) is 24.4 Å². The average Bonchev–Trinajstić information content (AvgIpc) is 2.61. The number of rotatable bonds is 0. The molecule has 2 aromatic rings. The van der Waals surface area contributed by atoms with Gasteiger partial charge in [-0.15, -0.1) is 0 Å². The molecule has 3 heteroatoms. The summed E-state index contributed by atoms with van der Waals surface area (Å²) in [5, 5.41) is 14.9. The number of ether oxygens (including phenoxy) is 1. The van der Waals surface area contributed by atoms with Gasteiger partial charge in [0.1, 0.15) is 17.1 Å². The maximum atomic E-state index is 11.4. The van der Waals surface area contributed by atoms with E-state index in [1.54, 1.807) is 0 Å². The SMILES string of the molecule is Cc1cccc2c1Oc1ccccc1[C@@]1(O)CCNC[C@@H]21. The molecule has 1 saturated heterocycles. The summed E-state index contributed by atoms with van der Waals surface area (Å²) in [7, 11) is 0. The molecule has 3 nitrogen and oxygen atoms in total. The largest absolute Gasteiger partial charge is 0.456 e. The van der Waals surface area contributed by atoms with E-state index in [0.29, 0.717) is 6.42 Å². The van der Waals surface area contributed by atoms with Gasteiger partial charge in [-0.05, 0) is 31.5 Å². The van der Waals surface area contributed by atoms with Crippen molar-refractivity contribution in [1.82, 2.24) is 5.32 Å². The van der Waals surface area contributed by atoms with Crippen LogP contribution in [-0.4, -0.2) is 18.2 Å². The molecule has 0 saturated carbocycles. The monoisotopic (exact) mass is 281 g/mol. The lowest BCUT2D eigenvalue weighted by Gasteiger charge is -2.40. The highest BCUT2D eigenvalue weighted by Crippen LogP contribution is 2.51. The van der Waals surface area contributed by atoms with Crippen molar-refractivity contribution in [2.45, 2.75) is 24.9 Å². The molecule has 0 spiro atoms. The van der Waals surface area contributed by atoms with Crippen molar-refractivity contribution in [1.29, 1.82) is 0 Å². The zero-order valence-corrected chi connectivity index (χ0v) is 12.1. The van der Waals surface area contributed by atoms with E-state index in [4.69, 9.17) is 4.74 Å². The van der Waals surface area contributed by atoms with Crippen LogP contribution in [0.4, 0.5) is 0 Å². The summed E-state index contributed by atoms with van der Waals surface area (Å²) in [5.41, 5.74) is 2.26. The van der Waals surface area contributed by atoms with Gasteiger partial charge >= 0.3 is 0 Å². The topological polar surface area (TPSA) is 41.5 Å². The van der Waals surface area contributed by atoms with Gasteiger partial charge in [0.25, 0.3) is 0 Å². The number of aliphatic hydroxyl groups is 1. The average molecular weight is 281 g/mol. The second-order valence-corrected chi connectivity index (χ2v) is 6.02. The first-order valence-corrected chi connectivity index (χ1v) is 7.50. The lowest BCUT2D eigenvalue weighted by atomic mass is 9.73. The number of hydrogen-bond donors (Lipinski definition) is 2. The fraction of sp³-hybridized carbons (Fsp3) is 0.333. The van der Waals surface area contributed by atoms with E-state index >= 15 is 0 Å². The van der Waals surface area contributed by atoms with Crippen LogP contribution in [0.25, 0.3) is 0 Å². The Hall–Kier alpha value is -1.84. The number of para-hydroxylation sites is 2. The Morgan fingerprint density at radius 1 is 1.19 bits per heavy atom. The Balaban J connectivity index is 2.01. The number of piperidine rings is 1. The Labute approximate surface area is 124 Å². The minimum absolute atomic E-state index is 0.0183. The summed E-state index contributed by atoms with van der Waals surface area (Å²) >= 11 is 0. The molecule has 1 fully saturated rings. The maximum absolute atomic E-state index is 11.4. The molecule has 0 aromatic heterocycles. The third-order valence-corrected chi connectivity index (χ3v) is 4.79. The van der Waals surface area contributed by atoms with Gasteiger partial charge in [-0.1, -0.05) is 36.4 Å². The lowest BCUT2D eigenvalue weighted by Crippen LogP contribution is -2.46. The molecule has 2 aliphatic heterocycles. The fourth-order valence-electron chi connectivity index (χ4n) is 3.67. The fourth-order valence-corrected chi connectivity index (χ4v) is 3.67. The Morgan fingerprint density at radius 3 is 2.95 bits per heavy atom. The molecule has 2 atom stereocenters. The highest BCUT2D eigenvalue weighted by Gasteiger charge is 2.46. The van der Waals surface area contributed by atoms with Crippen LogP contribution >= 0.6 is 0 Å². The van der Waals surface area contributed by atoms with Crippen molar-refractivity contribution < 1.29 is 9.84 Å². The van der Waals surface area contributed by atoms with Crippen LogP contribution in [0.15, 0.2) is 42.5 Å². The second-order valence-electron chi connectivity index (χ2n) is 6.02. The van der Waals surface area contributed by atoms with Gasteiger partial charge in [0, 0.05) is 23.6 Å². The molecule has 2 aliphatic rings. The lowest BCUT2D eigenvalue weighted by molar-refractivity contribution is -0.0146. The first kappa shape index (κ1) is 12.9. The van der Waals surface area contributed by atoms with E-state index in [9.17, 15) is 5.11 Å². The smallest absolute Gasteiger partial charge is 0.133 e. The first-order valence-electron chi connectivity index (χ1n) is 7.50. The molecule has 0 radical (unpaired) electrons. The Bertz CT molecular complexity index is 697. The minimum atomic E-state index is -0.860. The molecule has 0 bridgehead atoms. The number of fused-ring (bicyclic) bond motifs is 5. The third-order valence-electron chi connectivity index (χ3n) is 4.79. The summed E-state index contributed by atoms with van der Waals surface area (Å²) in [6.45, 7) is 3.65. The normalized spacial score (nSPS) is 26.9. The third kappa shape index (κ3) is 1.81. The van der Waals surface area contributed by atoms with Crippen molar-refractivity contribution in [3.05, 3.63) is 59.2 Å². The molecule has 0 aliphatic carbocycles.